The molecule has 0 aliphatic carbocycles. The van der Waals surface area contributed by atoms with E-state index in [0.717, 1.165) is 48.7 Å². The van der Waals surface area contributed by atoms with Crippen molar-refractivity contribution in [3.63, 3.8) is 0 Å². The molecule has 0 N–H and O–H groups in total. The van der Waals surface area contributed by atoms with Gasteiger partial charge in [-0.15, -0.1) is 11.3 Å². The molecule has 1 aromatic heterocycles. The van der Waals surface area contributed by atoms with Crippen molar-refractivity contribution in [1.82, 2.24) is 9.88 Å². The van der Waals surface area contributed by atoms with Gasteiger partial charge in [0.05, 0.1) is 16.8 Å². The fourth-order valence-electron chi connectivity index (χ4n) is 3.41. The number of aryl methyl sites for hydroxylation is 1. The van der Waals surface area contributed by atoms with Crippen LogP contribution in [0.25, 0.3) is 0 Å². The number of halogens is 1. The first kappa shape index (κ1) is 16.6. The van der Waals surface area contributed by atoms with E-state index < -0.39 is 0 Å². The van der Waals surface area contributed by atoms with Crippen LogP contribution < -0.4 is 0 Å². The highest BCUT2D eigenvalue weighted by Gasteiger charge is 2.29. The van der Waals surface area contributed by atoms with Gasteiger partial charge in [-0.1, -0.05) is 12.1 Å². The Hall–Kier alpha value is -1.30. The van der Waals surface area contributed by atoms with Crippen LogP contribution in [0, 0.1) is 18.7 Å². The maximum absolute atomic E-state index is 13.4. The molecule has 2 aromatic rings. The molecule has 1 aromatic carbocycles. The summed E-state index contributed by atoms with van der Waals surface area (Å²) in [5, 5.41) is 3.25. The first-order chi connectivity index (χ1) is 11.1. The summed E-state index contributed by atoms with van der Waals surface area (Å²) in [4.78, 5) is 7.00. The Kier molecular flexibility index (Phi) is 5.41. The molecule has 124 valence electrons. The Bertz CT molecular complexity index is 645. The van der Waals surface area contributed by atoms with Gasteiger partial charge < -0.3 is 4.74 Å². The lowest BCUT2D eigenvalue weighted by Gasteiger charge is -2.37. The summed E-state index contributed by atoms with van der Waals surface area (Å²) in [6, 6.07) is 6.91. The van der Waals surface area contributed by atoms with Gasteiger partial charge in [0.15, 0.2) is 0 Å². The lowest BCUT2D eigenvalue weighted by Crippen LogP contribution is -2.44. The number of benzene rings is 1. The summed E-state index contributed by atoms with van der Waals surface area (Å²) in [6.07, 6.45) is 2.11. The number of thiazole rings is 1. The molecule has 2 atom stereocenters. The molecule has 5 heteroatoms. The van der Waals surface area contributed by atoms with Crippen molar-refractivity contribution in [3.8, 4) is 0 Å². The third-order valence-corrected chi connectivity index (χ3v) is 5.31. The van der Waals surface area contributed by atoms with E-state index in [1.807, 2.05) is 13.0 Å². The number of hydrogen-bond acceptors (Lipinski definition) is 4. The van der Waals surface area contributed by atoms with Crippen LogP contribution in [-0.2, 0) is 17.7 Å². The predicted molar refractivity (Wildman–Crippen MR) is 91.1 cm³/mol. The average Bonchev–Trinajstić information content (AvgIpc) is 2.93. The molecular formula is C18H23FN2OS. The molecule has 1 aliphatic heterocycles. The summed E-state index contributed by atoms with van der Waals surface area (Å²) in [5.74, 6) is 0.220. The van der Waals surface area contributed by atoms with Crippen LogP contribution in [-0.4, -0.2) is 36.2 Å². The first-order valence-corrected chi connectivity index (χ1v) is 8.92. The van der Waals surface area contributed by atoms with Crippen molar-refractivity contribution in [3.05, 3.63) is 51.7 Å². The summed E-state index contributed by atoms with van der Waals surface area (Å²) in [6.45, 7) is 4.92. The van der Waals surface area contributed by atoms with Crippen LogP contribution in [0.5, 0.6) is 0 Å². The van der Waals surface area contributed by atoms with Crippen molar-refractivity contribution in [2.24, 2.45) is 5.92 Å². The number of aromatic nitrogens is 1. The van der Waals surface area contributed by atoms with E-state index in [2.05, 4.69) is 15.3 Å². The van der Waals surface area contributed by atoms with Crippen LogP contribution in [0.15, 0.2) is 29.6 Å². The molecule has 0 unspecified atom stereocenters. The maximum atomic E-state index is 13.4. The topological polar surface area (TPSA) is 25.4 Å². The lowest BCUT2D eigenvalue weighted by atomic mass is 9.88. The minimum atomic E-state index is -0.165. The summed E-state index contributed by atoms with van der Waals surface area (Å²) < 4.78 is 19.1. The largest absolute Gasteiger partial charge is 0.381 e. The number of rotatable bonds is 5. The summed E-state index contributed by atoms with van der Waals surface area (Å²) in [5.41, 5.74) is 2.19. The SMILES string of the molecule is CO[C@@H]1CCN(Cc2csc(C)n2)C[C@H]1Cc1cccc(F)c1. The van der Waals surface area contributed by atoms with Gasteiger partial charge in [0.25, 0.3) is 0 Å². The molecule has 0 spiro atoms. The van der Waals surface area contributed by atoms with Crippen molar-refractivity contribution in [2.75, 3.05) is 20.2 Å². The van der Waals surface area contributed by atoms with Crippen molar-refractivity contribution < 1.29 is 9.13 Å². The van der Waals surface area contributed by atoms with E-state index in [1.54, 1.807) is 30.6 Å². The van der Waals surface area contributed by atoms with Gasteiger partial charge >= 0.3 is 0 Å². The van der Waals surface area contributed by atoms with Crippen LogP contribution in [0.3, 0.4) is 0 Å². The third kappa shape index (κ3) is 4.37. The van der Waals surface area contributed by atoms with Crippen LogP contribution in [0.2, 0.25) is 0 Å². The second-order valence-electron chi connectivity index (χ2n) is 6.25. The smallest absolute Gasteiger partial charge is 0.123 e. The fourth-order valence-corrected chi connectivity index (χ4v) is 4.02. The van der Waals surface area contributed by atoms with E-state index in [1.165, 1.54) is 6.07 Å². The summed E-state index contributed by atoms with van der Waals surface area (Å²) in [7, 11) is 1.78. The Morgan fingerprint density at radius 3 is 3.00 bits per heavy atom. The van der Waals surface area contributed by atoms with Crippen LogP contribution in [0.1, 0.15) is 22.7 Å². The molecular weight excluding hydrogens is 311 g/mol. The highest BCUT2D eigenvalue weighted by molar-refractivity contribution is 7.09. The lowest BCUT2D eigenvalue weighted by molar-refractivity contribution is -0.00876. The number of nitrogens with zero attached hydrogens (tertiary/aromatic N) is 2. The quantitative estimate of drug-likeness (QED) is 0.834. The van der Waals surface area contributed by atoms with Gasteiger partial charge in [0.1, 0.15) is 5.82 Å². The highest BCUT2D eigenvalue weighted by Crippen LogP contribution is 2.25. The Morgan fingerprint density at radius 2 is 2.30 bits per heavy atom. The number of methoxy groups -OCH3 is 1. The Labute approximate surface area is 141 Å². The van der Waals surface area contributed by atoms with Crippen LogP contribution >= 0.6 is 11.3 Å². The van der Waals surface area contributed by atoms with E-state index in [9.17, 15) is 4.39 Å². The normalized spacial score (nSPS) is 22.4. The predicted octanol–water partition coefficient (Wildman–Crippen LogP) is 3.67. The van der Waals surface area contributed by atoms with Gasteiger partial charge in [0.2, 0.25) is 0 Å². The molecule has 1 saturated heterocycles. The van der Waals surface area contributed by atoms with E-state index in [0.29, 0.717) is 5.92 Å². The zero-order chi connectivity index (χ0) is 16.2. The summed E-state index contributed by atoms with van der Waals surface area (Å²) >= 11 is 1.70. The molecule has 0 bridgehead atoms. The molecule has 2 heterocycles. The van der Waals surface area contributed by atoms with E-state index in [-0.39, 0.29) is 11.9 Å². The zero-order valence-electron chi connectivity index (χ0n) is 13.7. The molecule has 0 saturated carbocycles. The minimum absolute atomic E-state index is 0.165. The van der Waals surface area contributed by atoms with Gasteiger partial charge in [-0.05, 0) is 37.5 Å². The Balaban J connectivity index is 1.66. The molecule has 0 amide bonds. The van der Waals surface area contributed by atoms with Gasteiger partial charge in [-0.3, -0.25) is 4.90 Å². The highest BCUT2D eigenvalue weighted by atomic mass is 32.1. The second kappa shape index (κ2) is 7.51. The van der Waals surface area contributed by atoms with Gasteiger partial charge in [-0.2, -0.15) is 0 Å². The molecule has 1 fully saturated rings. The van der Waals surface area contributed by atoms with Crippen molar-refractivity contribution in [2.45, 2.75) is 32.4 Å². The van der Waals surface area contributed by atoms with Crippen LogP contribution in [0.4, 0.5) is 4.39 Å². The van der Waals surface area contributed by atoms with Gasteiger partial charge in [0, 0.05) is 38.0 Å². The maximum Gasteiger partial charge on any atom is 0.123 e. The van der Waals surface area contributed by atoms with Gasteiger partial charge in [-0.25, -0.2) is 9.37 Å². The molecule has 0 radical (unpaired) electrons. The number of ether oxygens (including phenoxy) is 1. The average molecular weight is 334 g/mol. The van der Waals surface area contributed by atoms with Crippen molar-refractivity contribution in [1.29, 1.82) is 0 Å². The second-order valence-corrected chi connectivity index (χ2v) is 7.31. The first-order valence-electron chi connectivity index (χ1n) is 8.04. The monoisotopic (exact) mass is 334 g/mol. The number of piperidine rings is 1. The standard InChI is InChI=1S/C18H23FN2OS/c1-13-20-17(12-23-13)11-21-7-6-18(22-2)15(10-21)8-14-4-3-5-16(19)9-14/h3-5,9,12,15,18H,6-8,10-11H2,1-2H3/t15-,18-/m1/s1. The number of hydrogen-bond donors (Lipinski definition) is 0. The Morgan fingerprint density at radius 1 is 1.43 bits per heavy atom. The molecule has 3 rings (SSSR count). The molecule has 1 aliphatic rings. The molecule has 3 nitrogen and oxygen atoms in total. The minimum Gasteiger partial charge on any atom is -0.381 e. The number of likely N-dealkylation sites (tertiary alicyclic amines) is 1. The fraction of sp³-hybridized carbons (Fsp3) is 0.500. The molecule has 23 heavy (non-hydrogen) atoms. The van der Waals surface area contributed by atoms with E-state index >= 15 is 0 Å². The zero-order valence-corrected chi connectivity index (χ0v) is 14.5. The van der Waals surface area contributed by atoms with Crippen molar-refractivity contribution >= 4 is 11.3 Å². The van der Waals surface area contributed by atoms with E-state index in [4.69, 9.17) is 4.74 Å². The third-order valence-electron chi connectivity index (χ3n) is 4.49.